The number of amides is 1. The highest BCUT2D eigenvalue weighted by molar-refractivity contribution is 6.00. The average Bonchev–Trinajstić information content (AvgIpc) is 3.69. The van der Waals surface area contributed by atoms with Crippen LogP contribution in [0.1, 0.15) is 94.0 Å². The predicted octanol–water partition coefficient (Wildman–Crippen LogP) is 7.68. The van der Waals surface area contributed by atoms with Gasteiger partial charge in [0.15, 0.2) is 5.82 Å². The minimum Gasteiger partial charge on any atom is -0.339 e. The summed E-state index contributed by atoms with van der Waals surface area (Å²) >= 11 is 0. The van der Waals surface area contributed by atoms with Gasteiger partial charge in [-0.25, -0.2) is 13.8 Å². The Labute approximate surface area is 245 Å². The maximum atomic E-state index is 14.8. The summed E-state index contributed by atoms with van der Waals surface area (Å²) in [6.45, 7) is 0.405. The van der Waals surface area contributed by atoms with Crippen molar-refractivity contribution in [1.29, 1.82) is 0 Å². The Bertz CT molecular complexity index is 1590. The number of carbonyl (C=O) groups excluding carboxylic acids is 1. The van der Waals surface area contributed by atoms with E-state index in [9.17, 15) is 26.7 Å². The fraction of sp³-hybridized carbons (Fsp3) is 0.562. The molecule has 2 aromatic heterocycles. The quantitative estimate of drug-likeness (QED) is 0.261. The minimum absolute atomic E-state index is 0.144. The first-order valence-electron chi connectivity index (χ1n) is 15.1. The number of nitrogens with zero attached hydrogens (tertiary/aromatic N) is 4. The first-order valence-corrected chi connectivity index (χ1v) is 15.1. The van der Waals surface area contributed by atoms with E-state index in [1.165, 1.54) is 12.1 Å². The van der Waals surface area contributed by atoms with Crippen LogP contribution in [0.3, 0.4) is 0 Å². The molecule has 4 bridgehead atoms. The van der Waals surface area contributed by atoms with Crippen molar-refractivity contribution >= 4 is 11.6 Å². The average molecular weight is 599 g/mol. The van der Waals surface area contributed by atoms with Crippen molar-refractivity contribution in [2.45, 2.75) is 93.8 Å². The van der Waals surface area contributed by atoms with Gasteiger partial charge < -0.3 is 9.42 Å². The lowest BCUT2D eigenvalue weighted by molar-refractivity contribution is -0.211. The smallest absolute Gasteiger partial charge is 0.339 e. The maximum absolute atomic E-state index is 14.8. The summed E-state index contributed by atoms with van der Waals surface area (Å²) in [5.74, 6) is 0.891. The summed E-state index contributed by atoms with van der Waals surface area (Å²) in [5.41, 5.74) is -3.38. The highest BCUT2D eigenvalue weighted by atomic mass is 19.4. The molecule has 1 amide bonds. The number of aromatic nitrogens is 3. The largest absolute Gasteiger partial charge is 0.433 e. The third kappa shape index (κ3) is 4.31. The van der Waals surface area contributed by atoms with Crippen molar-refractivity contribution in [3.8, 4) is 11.3 Å². The van der Waals surface area contributed by atoms with Crippen molar-refractivity contribution < 1.29 is 31.3 Å². The Morgan fingerprint density at radius 3 is 2.30 bits per heavy atom. The predicted molar refractivity (Wildman–Crippen MR) is 145 cm³/mol. The van der Waals surface area contributed by atoms with Gasteiger partial charge in [-0.05, 0) is 100 Å². The molecule has 6 nitrogen and oxygen atoms in total. The molecule has 0 aliphatic heterocycles. The molecule has 7 aliphatic carbocycles. The van der Waals surface area contributed by atoms with Crippen molar-refractivity contribution in [3.05, 3.63) is 59.6 Å². The summed E-state index contributed by atoms with van der Waals surface area (Å²) in [4.78, 5) is 24.2. The monoisotopic (exact) mass is 598 g/mol. The lowest BCUT2D eigenvalue weighted by Crippen LogP contribution is -2.71. The summed E-state index contributed by atoms with van der Waals surface area (Å²) in [6, 6.07) is 7.71. The summed E-state index contributed by atoms with van der Waals surface area (Å²) < 4.78 is 75.2. The van der Waals surface area contributed by atoms with Gasteiger partial charge in [-0.2, -0.15) is 18.2 Å². The summed E-state index contributed by atoms with van der Waals surface area (Å²) in [6.07, 6.45) is 3.16. The minimum atomic E-state index is -4.73. The topological polar surface area (TPSA) is 72.1 Å². The number of benzene rings is 1. The molecule has 0 saturated heterocycles. The van der Waals surface area contributed by atoms with E-state index < -0.39 is 34.5 Å². The molecule has 43 heavy (non-hydrogen) atoms. The molecule has 3 aromatic rings. The van der Waals surface area contributed by atoms with E-state index in [4.69, 9.17) is 9.51 Å². The molecule has 0 spiro atoms. The molecule has 1 aromatic carbocycles. The number of alkyl halides is 4. The van der Waals surface area contributed by atoms with E-state index in [2.05, 4.69) is 10.1 Å². The van der Waals surface area contributed by atoms with Gasteiger partial charge in [0.1, 0.15) is 22.9 Å². The first kappa shape index (κ1) is 27.2. The molecular formula is C32H31F5N4O2. The highest BCUT2D eigenvalue weighted by Gasteiger charge is 2.73. The second kappa shape index (κ2) is 8.85. The van der Waals surface area contributed by atoms with Gasteiger partial charge in [0.05, 0.1) is 5.41 Å². The zero-order valence-corrected chi connectivity index (χ0v) is 23.5. The van der Waals surface area contributed by atoms with Gasteiger partial charge in [-0.1, -0.05) is 17.3 Å². The van der Waals surface area contributed by atoms with E-state index in [0.29, 0.717) is 24.2 Å². The molecule has 0 unspecified atom stereocenters. The van der Waals surface area contributed by atoms with Crippen LogP contribution in [0.5, 0.6) is 0 Å². The second-order valence-electron chi connectivity index (χ2n) is 13.9. The van der Waals surface area contributed by atoms with Crippen LogP contribution in [0.4, 0.5) is 27.6 Å². The van der Waals surface area contributed by atoms with Gasteiger partial charge in [0.2, 0.25) is 11.8 Å². The van der Waals surface area contributed by atoms with E-state index in [-0.39, 0.29) is 41.6 Å². The number of pyridine rings is 1. The molecule has 7 saturated carbocycles. The second-order valence-corrected chi connectivity index (χ2v) is 13.9. The van der Waals surface area contributed by atoms with Crippen molar-refractivity contribution in [2.24, 2.45) is 10.8 Å². The van der Waals surface area contributed by atoms with Crippen LogP contribution in [0.25, 0.3) is 11.3 Å². The fourth-order valence-electron chi connectivity index (χ4n) is 8.20. The number of halogens is 5. The lowest BCUT2D eigenvalue weighted by atomic mass is 9.41. The molecule has 10 rings (SSSR count). The Morgan fingerprint density at radius 2 is 1.67 bits per heavy atom. The molecule has 7 aliphatic rings. The molecule has 0 radical (unpaired) electrons. The summed E-state index contributed by atoms with van der Waals surface area (Å²) in [7, 11) is 0. The molecule has 226 valence electrons. The van der Waals surface area contributed by atoms with Gasteiger partial charge in [-0.3, -0.25) is 4.79 Å². The lowest BCUT2D eigenvalue weighted by Gasteiger charge is -2.65. The Hall–Kier alpha value is -3.37. The molecule has 11 heteroatoms. The van der Waals surface area contributed by atoms with Crippen molar-refractivity contribution in [3.63, 3.8) is 0 Å². The van der Waals surface area contributed by atoms with Crippen LogP contribution in [0.15, 0.2) is 40.9 Å². The van der Waals surface area contributed by atoms with Crippen LogP contribution in [0.2, 0.25) is 0 Å². The van der Waals surface area contributed by atoms with Crippen LogP contribution >= 0.6 is 0 Å². The molecule has 0 atom stereocenters. The van der Waals surface area contributed by atoms with Gasteiger partial charge >= 0.3 is 6.18 Å². The van der Waals surface area contributed by atoms with Gasteiger partial charge in [0.25, 0.3) is 0 Å². The van der Waals surface area contributed by atoms with Gasteiger partial charge in [0, 0.05) is 29.1 Å². The zero-order valence-electron chi connectivity index (χ0n) is 23.5. The molecule has 2 heterocycles. The number of hydrogen-bond donors (Lipinski definition) is 0. The maximum Gasteiger partial charge on any atom is 0.433 e. The van der Waals surface area contributed by atoms with E-state index in [1.807, 2.05) is 0 Å². The number of carbonyl (C=O) groups is 1. The third-order valence-corrected chi connectivity index (χ3v) is 11.0. The first-order chi connectivity index (χ1) is 20.4. The SMILES string of the molecule is O=C(N(CC12CCC(c3nc(C4CC4)no3)(CC1)CC2)c1cccc(-c2nc(C(F)(F)F)ccc2F)c1)C12CC(F)(C1)C2. The van der Waals surface area contributed by atoms with Gasteiger partial charge in [-0.15, -0.1) is 0 Å². The third-order valence-electron chi connectivity index (χ3n) is 11.0. The normalized spacial score (nSPS) is 32.7. The summed E-state index contributed by atoms with van der Waals surface area (Å²) in [5, 5.41) is 4.24. The van der Waals surface area contributed by atoms with Crippen molar-refractivity contribution in [1.82, 2.24) is 15.1 Å². The number of fused-ring (bicyclic) bond motifs is 3. The Morgan fingerprint density at radius 1 is 0.977 bits per heavy atom. The molecule has 7 fully saturated rings. The van der Waals surface area contributed by atoms with Crippen LogP contribution in [-0.4, -0.2) is 33.2 Å². The van der Waals surface area contributed by atoms with Crippen LogP contribution < -0.4 is 4.90 Å². The Kier molecular flexibility index (Phi) is 5.60. The molecule has 0 N–H and O–H groups in total. The number of anilines is 1. The molecular weight excluding hydrogens is 567 g/mol. The standard InChI is InChI=1S/C32H31F5N4O2/c33-22-6-7-23(32(35,36)37)38-24(22)20-2-1-3-21(14-20)41(27(42)30-15-31(34,16-30)17-30)18-28-8-11-29(12-9-28,13-10-28)26-39-25(40-43-26)19-4-5-19/h1-3,6-7,14,19H,4-5,8-13,15-18H2. The van der Waals surface area contributed by atoms with Crippen LogP contribution in [-0.2, 0) is 16.4 Å². The zero-order chi connectivity index (χ0) is 29.8. The van der Waals surface area contributed by atoms with E-state index in [1.54, 1.807) is 17.0 Å². The fourth-order valence-corrected chi connectivity index (χ4v) is 8.20. The van der Waals surface area contributed by atoms with E-state index >= 15 is 0 Å². The highest BCUT2D eigenvalue weighted by Crippen LogP contribution is 2.70. The van der Waals surface area contributed by atoms with Crippen LogP contribution in [0, 0.1) is 16.6 Å². The number of rotatable bonds is 7. The van der Waals surface area contributed by atoms with E-state index in [0.717, 1.165) is 69.1 Å². The number of hydrogen-bond acceptors (Lipinski definition) is 5. The Balaban J connectivity index is 1.09. The van der Waals surface area contributed by atoms with Crippen molar-refractivity contribution in [2.75, 3.05) is 11.4 Å².